The van der Waals surface area contributed by atoms with Crippen LogP contribution in [0.2, 0.25) is 0 Å². The van der Waals surface area contributed by atoms with Crippen molar-refractivity contribution < 1.29 is 18.6 Å². The molecule has 1 rings (SSSR count). The lowest BCUT2D eigenvalue weighted by atomic mass is 10.5. The van der Waals surface area contributed by atoms with Crippen LogP contribution < -0.4 is 14.2 Å². The molecule has 0 aliphatic heterocycles. The Morgan fingerprint density at radius 1 is 1.09 bits per heavy atom. The summed E-state index contributed by atoms with van der Waals surface area (Å²) in [6.45, 7) is 0. The van der Waals surface area contributed by atoms with Crippen LogP contribution in [0.25, 0.3) is 0 Å². The van der Waals surface area contributed by atoms with Crippen molar-refractivity contribution in [3.63, 3.8) is 0 Å². The molecule has 0 aliphatic carbocycles. The Morgan fingerprint density at radius 2 is 1.82 bits per heavy atom. The molecule has 1 aromatic rings. The van der Waals surface area contributed by atoms with Crippen LogP contribution in [0.1, 0.15) is 0 Å². The van der Waals surface area contributed by atoms with E-state index in [-0.39, 0.29) is 5.95 Å². The highest BCUT2D eigenvalue weighted by Crippen LogP contribution is 2.38. The van der Waals surface area contributed by atoms with Crippen LogP contribution >= 0.6 is 0 Å². The Hall–Kier alpha value is -1.32. The second kappa shape index (κ2) is 3.18. The minimum Gasteiger partial charge on any atom is -0.489 e. The van der Waals surface area contributed by atoms with Crippen molar-refractivity contribution in [1.82, 2.24) is 0 Å². The number of furan rings is 1. The summed E-state index contributed by atoms with van der Waals surface area (Å²) in [5.74, 6) is 1.10. The van der Waals surface area contributed by atoms with Gasteiger partial charge in [-0.05, 0) is 0 Å². The molecule has 0 saturated carbocycles. The first-order valence-corrected chi connectivity index (χ1v) is 3.00. The number of rotatable bonds is 3. The molecule has 1 radical (unpaired) electrons. The summed E-state index contributed by atoms with van der Waals surface area (Å²) in [5.41, 5.74) is 0. The average Bonchev–Trinajstić information content (AvgIpc) is 2.45. The van der Waals surface area contributed by atoms with E-state index in [0.29, 0.717) is 11.5 Å². The van der Waals surface area contributed by atoms with E-state index in [2.05, 4.69) is 6.26 Å². The maximum Gasteiger partial charge on any atom is 0.333 e. The lowest BCUT2D eigenvalue weighted by Gasteiger charge is -1.99. The molecule has 1 aromatic heterocycles. The average molecular weight is 157 g/mol. The number of hydrogen-bond acceptors (Lipinski definition) is 4. The zero-order chi connectivity index (χ0) is 8.27. The van der Waals surface area contributed by atoms with Gasteiger partial charge >= 0.3 is 5.95 Å². The number of hydrogen-bond donors (Lipinski definition) is 0. The molecule has 0 unspecified atom stereocenters. The van der Waals surface area contributed by atoms with Crippen LogP contribution in [0.3, 0.4) is 0 Å². The second-order valence-corrected chi connectivity index (χ2v) is 1.76. The first kappa shape index (κ1) is 7.78. The maximum absolute atomic E-state index is 4.92. The molecule has 0 amide bonds. The molecular formula is C7H9O4. The quantitative estimate of drug-likeness (QED) is 0.658. The lowest BCUT2D eigenvalue weighted by molar-refractivity contribution is 0.277. The monoisotopic (exact) mass is 157 g/mol. The van der Waals surface area contributed by atoms with Gasteiger partial charge in [0.05, 0.1) is 21.3 Å². The van der Waals surface area contributed by atoms with E-state index in [4.69, 9.17) is 18.6 Å². The summed E-state index contributed by atoms with van der Waals surface area (Å²) < 4.78 is 19.4. The first-order chi connectivity index (χ1) is 5.33. The summed E-state index contributed by atoms with van der Waals surface area (Å²) in [6.07, 6.45) is 2.48. The third-order valence-corrected chi connectivity index (χ3v) is 1.22. The van der Waals surface area contributed by atoms with Gasteiger partial charge in [0, 0.05) is 0 Å². The fourth-order valence-corrected chi connectivity index (χ4v) is 0.723. The second-order valence-electron chi connectivity index (χ2n) is 1.76. The highest BCUT2D eigenvalue weighted by Gasteiger charge is 2.15. The van der Waals surface area contributed by atoms with Gasteiger partial charge in [-0.25, -0.2) is 0 Å². The summed E-state index contributed by atoms with van der Waals surface area (Å²) in [7, 11) is 4.49. The van der Waals surface area contributed by atoms with E-state index in [1.165, 1.54) is 21.3 Å². The molecule has 0 aliphatic rings. The molecule has 0 spiro atoms. The molecule has 0 atom stereocenters. The van der Waals surface area contributed by atoms with Gasteiger partial charge in [-0.2, -0.15) is 0 Å². The van der Waals surface area contributed by atoms with E-state index in [1.54, 1.807) is 0 Å². The topological polar surface area (TPSA) is 40.8 Å². The van der Waals surface area contributed by atoms with Crippen LogP contribution in [-0.4, -0.2) is 21.3 Å². The van der Waals surface area contributed by atoms with Crippen LogP contribution in [0.15, 0.2) is 4.42 Å². The van der Waals surface area contributed by atoms with Crippen molar-refractivity contribution in [2.45, 2.75) is 0 Å². The molecule has 0 bridgehead atoms. The zero-order valence-electron chi connectivity index (χ0n) is 6.63. The Labute approximate surface area is 64.7 Å². The van der Waals surface area contributed by atoms with Crippen molar-refractivity contribution in [2.75, 3.05) is 21.3 Å². The predicted octanol–water partition coefficient (Wildman–Crippen LogP) is 1.11. The maximum atomic E-state index is 4.92. The van der Waals surface area contributed by atoms with E-state index in [1.807, 2.05) is 0 Å². The summed E-state index contributed by atoms with van der Waals surface area (Å²) >= 11 is 0. The van der Waals surface area contributed by atoms with Crippen molar-refractivity contribution in [3.05, 3.63) is 6.26 Å². The highest BCUT2D eigenvalue weighted by atomic mass is 16.6. The minimum absolute atomic E-state index is 0.268. The third-order valence-electron chi connectivity index (χ3n) is 1.22. The predicted molar refractivity (Wildman–Crippen MR) is 37.2 cm³/mol. The van der Waals surface area contributed by atoms with E-state index < -0.39 is 0 Å². The van der Waals surface area contributed by atoms with Crippen LogP contribution in [0.4, 0.5) is 0 Å². The normalized spacial score (nSPS) is 9.36. The van der Waals surface area contributed by atoms with Crippen molar-refractivity contribution >= 4 is 0 Å². The Morgan fingerprint density at radius 3 is 2.27 bits per heavy atom. The van der Waals surface area contributed by atoms with Gasteiger partial charge in [-0.1, -0.05) is 0 Å². The standard InChI is InChI=1S/C7H9O4/c1-8-5-4-11-7(10-3)6(5)9-2/h1-3H3. The number of methoxy groups -OCH3 is 3. The molecule has 4 nitrogen and oxygen atoms in total. The lowest BCUT2D eigenvalue weighted by Crippen LogP contribution is -1.88. The van der Waals surface area contributed by atoms with Crippen molar-refractivity contribution in [3.8, 4) is 17.4 Å². The summed E-state index contributed by atoms with van der Waals surface area (Å²) in [6, 6.07) is 0. The fourth-order valence-electron chi connectivity index (χ4n) is 0.723. The molecule has 0 saturated heterocycles. The summed E-state index contributed by atoms with van der Waals surface area (Å²) in [5, 5.41) is 0. The molecule has 0 fully saturated rings. The Kier molecular flexibility index (Phi) is 2.25. The van der Waals surface area contributed by atoms with Crippen molar-refractivity contribution in [2.24, 2.45) is 0 Å². The molecular weight excluding hydrogens is 148 g/mol. The van der Waals surface area contributed by atoms with Gasteiger partial charge in [0.15, 0.2) is 0 Å². The zero-order valence-corrected chi connectivity index (χ0v) is 6.63. The molecule has 0 N–H and O–H groups in total. The van der Waals surface area contributed by atoms with Crippen LogP contribution in [0.5, 0.6) is 17.4 Å². The SMILES string of the molecule is COc1[c]oc(OC)c1OC. The van der Waals surface area contributed by atoms with E-state index in [0.717, 1.165) is 0 Å². The van der Waals surface area contributed by atoms with Gasteiger partial charge < -0.3 is 18.6 Å². The van der Waals surface area contributed by atoms with Gasteiger partial charge in [0.1, 0.15) is 0 Å². The molecule has 11 heavy (non-hydrogen) atoms. The largest absolute Gasteiger partial charge is 0.489 e. The molecule has 4 heteroatoms. The van der Waals surface area contributed by atoms with Gasteiger partial charge in [-0.3, -0.25) is 0 Å². The van der Waals surface area contributed by atoms with Gasteiger partial charge in [-0.15, -0.1) is 0 Å². The van der Waals surface area contributed by atoms with E-state index >= 15 is 0 Å². The van der Waals surface area contributed by atoms with Crippen LogP contribution in [-0.2, 0) is 0 Å². The fraction of sp³-hybridized carbons (Fsp3) is 0.429. The van der Waals surface area contributed by atoms with Gasteiger partial charge in [0.25, 0.3) is 0 Å². The molecule has 1 heterocycles. The molecule has 0 aromatic carbocycles. The highest BCUT2D eigenvalue weighted by molar-refractivity contribution is 5.44. The Balaban J connectivity index is 2.99. The third kappa shape index (κ3) is 1.24. The first-order valence-electron chi connectivity index (χ1n) is 3.00. The molecule has 61 valence electrons. The Bertz CT molecular complexity index is 207. The smallest absolute Gasteiger partial charge is 0.333 e. The van der Waals surface area contributed by atoms with E-state index in [9.17, 15) is 0 Å². The van der Waals surface area contributed by atoms with Crippen LogP contribution in [0, 0.1) is 6.26 Å². The summed E-state index contributed by atoms with van der Waals surface area (Å²) in [4.78, 5) is 0. The van der Waals surface area contributed by atoms with Crippen molar-refractivity contribution in [1.29, 1.82) is 0 Å². The van der Waals surface area contributed by atoms with Gasteiger partial charge in [0.2, 0.25) is 17.8 Å². The minimum atomic E-state index is 0.268. The number of ether oxygens (including phenoxy) is 3.